The molecule has 2 aliphatic heterocycles. The van der Waals surface area contributed by atoms with Gasteiger partial charge in [0.15, 0.2) is 8.07 Å². The van der Waals surface area contributed by atoms with Crippen LogP contribution in [-0.2, 0) is 31.9 Å². The number of fused-ring (bicyclic) bond motifs is 5. The molecule has 4 heterocycles. The molecule has 6 heteroatoms. The Labute approximate surface area is 342 Å². The molecule has 0 spiro atoms. The van der Waals surface area contributed by atoms with Gasteiger partial charge in [0.05, 0.1) is 0 Å². The average Bonchev–Trinajstić information content (AvgIpc) is 3.80. The molecule has 55 heavy (non-hydrogen) atoms. The third-order valence-corrected chi connectivity index (χ3v) is 16.9. The fourth-order valence-corrected chi connectivity index (χ4v) is 14.1. The zero-order valence-electron chi connectivity index (χ0n) is 33.0. The number of anilines is 3. The topological polar surface area (TPSA) is 34.0 Å². The Bertz CT molecular complexity index is 2480. The van der Waals surface area contributed by atoms with Gasteiger partial charge in [0, 0.05) is 29.6 Å². The van der Waals surface area contributed by atoms with Crippen LogP contribution in [0.2, 0.25) is 0 Å². The van der Waals surface area contributed by atoms with Gasteiger partial charge in [-0.25, -0.2) is 0 Å². The molecule has 4 aromatic carbocycles. The second kappa shape index (κ2) is 13.3. The molecule has 2 unspecified atom stereocenters. The molecule has 0 N–H and O–H groups in total. The van der Waals surface area contributed by atoms with E-state index in [0.717, 1.165) is 34.5 Å². The van der Waals surface area contributed by atoms with E-state index < -0.39 is 8.07 Å². The van der Waals surface area contributed by atoms with E-state index in [1.165, 1.54) is 43.4 Å². The summed E-state index contributed by atoms with van der Waals surface area (Å²) in [6.45, 7) is 18.7. The second-order valence-electron chi connectivity index (χ2n) is 17.9. The second-order valence-corrected chi connectivity index (χ2v) is 21.5. The van der Waals surface area contributed by atoms with E-state index in [-0.39, 0.29) is 37.3 Å². The Morgan fingerprint density at radius 3 is 2.31 bits per heavy atom. The summed E-state index contributed by atoms with van der Waals surface area (Å²) >= 11 is 0. The number of pyridine rings is 1. The van der Waals surface area contributed by atoms with Crippen LogP contribution in [0.5, 0.6) is 0 Å². The number of para-hydroxylation sites is 1. The molecule has 0 amide bonds. The van der Waals surface area contributed by atoms with E-state index in [9.17, 15) is 0 Å². The van der Waals surface area contributed by atoms with Gasteiger partial charge in [0.25, 0.3) is 0 Å². The van der Waals surface area contributed by atoms with E-state index in [1.54, 1.807) is 0 Å². The van der Waals surface area contributed by atoms with Crippen molar-refractivity contribution >= 4 is 46.4 Å². The Morgan fingerprint density at radius 1 is 0.782 bits per heavy atom. The van der Waals surface area contributed by atoms with Crippen molar-refractivity contribution in [3.63, 3.8) is 0 Å². The van der Waals surface area contributed by atoms with Crippen LogP contribution in [0, 0.1) is 23.5 Å². The average molecular weight is 916 g/mol. The van der Waals surface area contributed by atoms with Crippen molar-refractivity contribution in [2.24, 2.45) is 11.3 Å². The zero-order valence-corrected chi connectivity index (χ0v) is 36.3. The van der Waals surface area contributed by atoms with Gasteiger partial charge in [0.2, 0.25) is 0 Å². The Kier molecular flexibility index (Phi) is 9.02. The van der Waals surface area contributed by atoms with E-state index in [2.05, 4.69) is 175 Å². The van der Waals surface area contributed by atoms with E-state index in [0.29, 0.717) is 5.92 Å². The van der Waals surface area contributed by atoms with Crippen molar-refractivity contribution in [1.82, 2.24) is 14.8 Å². The molecule has 0 bridgehead atoms. The molecule has 6 aromatic rings. The molecule has 1 aliphatic carbocycles. The first kappa shape index (κ1) is 37.4. The van der Waals surface area contributed by atoms with Gasteiger partial charge in [-0.1, -0.05) is 121 Å². The SMILES string of the molecule is CC(C)(C)c1ccc2c(c1)C1=CC(C(C)(C)C)CC=C1[Si]2(c1[c-]c(N2c3[c-]c(-n4cccn4)ccc3C(C)(C)c3ccccc32)ccc1)c1ccccn1.[Pt+2]. The van der Waals surface area contributed by atoms with Gasteiger partial charge < -0.3 is 4.90 Å². The summed E-state index contributed by atoms with van der Waals surface area (Å²) in [4.78, 5) is 7.64. The van der Waals surface area contributed by atoms with Crippen LogP contribution in [0.3, 0.4) is 0 Å². The Balaban J connectivity index is 0.00000427. The van der Waals surface area contributed by atoms with Crippen molar-refractivity contribution in [2.75, 3.05) is 4.90 Å². The number of allylic oxidation sites excluding steroid dienone is 4. The van der Waals surface area contributed by atoms with Crippen LogP contribution in [0.15, 0.2) is 133 Å². The first-order valence-electron chi connectivity index (χ1n) is 19.3. The van der Waals surface area contributed by atoms with Crippen molar-refractivity contribution < 1.29 is 21.1 Å². The standard InChI is InChI=1S/C49H48N4Si.Pt/c1-47(2,3)33-20-24-44-38(29-33)39-30-34(48(4,5)6)21-25-45(39)54(44,46-19-11-12-26-50-46)37-16-13-15-36(31-37)53-42-18-10-9-17-40(42)49(7,8)41-23-22-35(32-43(41)53)52-28-14-27-51-52;/h9-20,22-30,34H,21H2,1-8H3;/q-2;+2. The number of rotatable bonds is 4. The first-order chi connectivity index (χ1) is 25.8. The minimum absolute atomic E-state index is 0. The van der Waals surface area contributed by atoms with E-state index in [4.69, 9.17) is 4.98 Å². The maximum Gasteiger partial charge on any atom is 2.00 e. The smallest absolute Gasteiger partial charge is 0.358 e. The van der Waals surface area contributed by atoms with Crippen LogP contribution in [0.4, 0.5) is 17.1 Å². The fourth-order valence-electron chi connectivity index (χ4n) is 9.12. The summed E-state index contributed by atoms with van der Waals surface area (Å²) in [6, 6.07) is 43.7. The number of benzene rings is 4. The van der Waals surface area contributed by atoms with Gasteiger partial charge in [-0.05, 0) is 91.2 Å². The van der Waals surface area contributed by atoms with Crippen LogP contribution in [0.25, 0.3) is 11.3 Å². The number of hydrogen-bond acceptors (Lipinski definition) is 3. The zero-order chi connectivity index (χ0) is 37.6. The molecule has 0 saturated carbocycles. The summed E-state index contributed by atoms with van der Waals surface area (Å²) in [6.07, 6.45) is 12.0. The minimum atomic E-state index is -2.92. The van der Waals surface area contributed by atoms with E-state index >= 15 is 0 Å². The normalized spacial score (nSPS) is 19.6. The summed E-state index contributed by atoms with van der Waals surface area (Å²) in [7, 11) is -2.92. The molecule has 3 aliphatic rings. The maximum absolute atomic E-state index is 5.26. The van der Waals surface area contributed by atoms with Crippen molar-refractivity contribution in [1.29, 1.82) is 0 Å². The third kappa shape index (κ3) is 5.80. The van der Waals surface area contributed by atoms with Crippen molar-refractivity contribution in [2.45, 2.75) is 72.6 Å². The van der Waals surface area contributed by atoms with Gasteiger partial charge in [-0.15, -0.1) is 23.8 Å². The Morgan fingerprint density at radius 2 is 1.58 bits per heavy atom. The van der Waals surface area contributed by atoms with Crippen LogP contribution < -0.4 is 20.6 Å². The predicted molar refractivity (Wildman–Crippen MR) is 226 cm³/mol. The summed E-state index contributed by atoms with van der Waals surface area (Å²) in [5, 5.41) is 9.80. The maximum atomic E-state index is 5.26. The molecule has 0 saturated heterocycles. The summed E-state index contributed by atoms with van der Waals surface area (Å²) < 4.78 is 1.89. The molecule has 2 aromatic heterocycles. The number of aromatic nitrogens is 3. The number of nitrogens with zero attached hydrogens (tertiary/aromatic N) is 4. The molecule has 0 radical (unpaired) electrons. The van der Waals surface area contributed by atoms with Gasteiger partial charge in [-0.2, -0.15) is 34.6 Å². The minimum Gasteiger partial charge on any atom is -0.358 e. The molecule has 278 valence electrons. The molecule has 9 rings (SSSR count). The Hall–Kier alpha value is -4.57. The van der Waals surface area contributed by atoms with Crippen LogP contribution in [0.1, 0.15) is 84.1 Å². The summed E-state index contributed by atoms with van der Waals surface area (Å²) in [5.41, 5.74) is 10.7. The summed E-state index contributed by atoms with van der Waals surface area (Å²) in [5.74, 6) is 0.440. The van der Waals surface area contributed by atoms with Crippen LogP contribution in [-0.4, -0.2) is 22.8 Å². The third-order valence-electron chi connectivity index (χ3n) is 12.2. The van der Waals surface area contributed by atoms with Gasteiger partial charge in [0.1, 0.15) is 0 Å². The number of hydrogen-bond donors (Lipinski definition) is 0. The first-order valence-corrected chi connectivity index (χ1v) is 21.3. The molecule has 4 nitrogen and oxygen atoms in total. The molecular weight excluding hydrogens is 868 g/mol. The van der Waals surface area contributed by atoms with Gasteiger partial charge >= 0.3 is 21.1 Å². The monoisotopic (exact) mass is 915 g/mol. The van der Waals surface area contributed by atoms with E-state index in [1.807, 2.05) is 35.4 Å². The molecule has 0 fully saturated rings. The van der Waals surface area contributed by atoms with Crippen molar-refractivity contribution in [3.8, 4) is 5.69 Å². The quantitative estimate of drug-likeness (QED) is 0.131. The van der Waals surface area contributed by atoms with Gasteiger partial charge in [-0.3, -0.25) is 9.67 Å². The largest absolute Gasteiger partial charge is 2.00 e. The molecular formula is C49H48N4PtSi. The van der Waals surface area contributed by atoms with Crippen molar-refractivity contribution in [3.05, 3.63) is 167 Å². The fraction of sp³-hybridized carbons (Fsp3) is 0.265. The predicted octanol–water partition coefficient (Wildman–Crippen LogP) is 9.67. The molecule has 2 atom stereocenters. The van der Waals surface area contributed by atoms with Crippen LogP contribution >= 0.6 is 0 Å².